The molecule has 1 amide bonds. The highest BCUT2D eigenvalue weighted by Gasteiger charge is 2.27. The van der Waals surface area contributed by atoms with Gasteiger partial charge in [0.1, 0.15) is 0 Å². The number of aryl methyl sites for hydroxylation is 1. The number of para-hydroxylation sites is 1. The molecule has 2 aromatic carbocycles. The van der Waals surface area contributed by atoms with E-state index in [1.54, 1.807) is 13.0 Å². The Bertz CT molecular complexity index is 981. The summed E-state index contributed by atoms with van der Waals surface area (Å²) < 4.78 is 5.29. The zero-order chi connectivity index (χ0) is 20.9. The zero-order valence-electron chi connectivity index (χ0n) is 17.1. The predicted molar refractivity (Wildman–Crippen MR) is 114 cm³/mol. The molecule has 30 heavy (non-hydrogen) atoms. The molecule has 4 rings (SSSR count). The fourth-order valence-electron chi connectivity index (χ4n) is 4.00. The summed E-state index contributed by atoms with van der Waals surface area (Å²) in [7, 11) is 0. The van der Waals surface area contributed by atoms with Crippen LogP contribution in [0.1, 0.15) is 24.2 Å². The summed E-state index contributed by atoms with van der Waals surface area (Å²) >= 11 is 0. The summed E-state index contributed by atoms with van der Waals surface area (Å²) in [5, 5.41) is 13.8. The molecule has 1 saturated heterocycles. The van der Waals surface area contributed by atoms with Gasteiger partial charge in [0.05, 0.1) is 11.3 Å². The third kappa shape index (κ3) is 4.68. The molecule has 0 unspecified atom stereocenters. The first-order valence-corrected chi connectivity index (χ1v) is 10.3. The number of carboxylic acid groups (broad SMARTS) is 1. The molecule has 1 fully saturated rings. The van der Waals surface area contributed by atoms with E-state index in [0.29, 0.717) is 35.4 Å². The molecular formula is C23H26N4O3. The molecule has 3 aromatic rings. The molecule has 7 nitrogen and oxygen atoms in total. The van der Waals surface area contributed by atoms with E-state index in [2.05, 4.69) is 39.3 Å². The van der Waals surface area contributed by atoms with Gasteiger partial charge >= 0.3 is 6.09 Å². The van der Waals surface area contributed by atoms with Gasteiger partial charge in [0.25, 0.3) is 5.89 Å². The molecular weight excluding hydrogens is 380 g/mol. The van der Waals surface area contributed by atoms with Crippen molar-refractivity contribution >= 4 is 11.8 Å². The summed E-state index contributed by atoms with van der Waals surface area (Å²) in [6.45, 7) is 5.08. The Morgan fingerprint density at radius 1 is 1.13 bits per heavy atom. The van der Waals surface area contributed by atoms with E-state index in [1.807, 2.05) is 24.3 Å². The first kappa shape index (κ1) is 20.1. The molecule has 1 aliphatic rings. The number of benzene rings is 2. The Labute approximate surface area is 175 Å². The number of carbonyl (C=O) groups is 1. The molecule has 2 heterocycles. The highest BCUT2D eigenvalue weighted by atomic mass is 16.5. The maximum atomic E-state index is 12.1. The lowest BCUT2D eigenvalue weighted by atomic mass is 9.95. The van der Waals surface area contributed by atoms with Crippen molar-refractivity contribution in [2.45, 2.75) is 26.3 Å². The monoisotopic (exact) mass is 406 g/mol. The van der Waals surface area contributed by atoms with Gasteiger partial charge in [0.15, 0.2) is 5.82 Å². The van der Waals surface area contributed by atoms with Crippen molar-refractivity contribution in [3.63, 3.8) is 0 Å². The van der Waals surface area contributed by atoms with Crippen molar-refractivity contribution in [3.05, 3.63) is 66.0 Å². The molecule has 1 aliphatic heterocycles. The molecule has 0 spiro atoms. The second-order valence-corrected chi connectivity index (χ2v) is 7.76. The first-order valence-electron chi connectivity index (χ1n) is 10.3. The molecule has 156 valence electrons. The van der Waals surface area contributed by atoms with E-state index in [1.165, 1.54) is 10.5 Å². The second kappa shape index (κ2) is 9.09. The Kier molecular flexibility index (Phi) is 6.09. The number of nitrogens with zero attached hydrogens (tertiary/aromatic N) is 4. The molecule has 1 aromatic heterocycles. The van der Waals surface area contributed by atoms with Gasteiger partial charge < -0.3 is 9.63 Å². The van der Waals surface area contributed by atoms with Crippen molar-refractivity contribution in [3.8, 4) is 11.5 Å². The standard InChI is InChI=1S/C23H26N4O3/c1-17-24-22(30-25-17)20-9-5-6-10-21(20)27(23(28)29)16-19-11-13-26(14-12-19)15-18-7-3-2-4-8-18/h2-10,19H,11-16H2,1H3,(H,28,29). The SMILES string of the molecule is Cc1noc(-c2ccccc2N(CC2CCN(Cc3ccccc3)CC2)C(=O)O)n1. The van der Waals surface area contributed by atoms with Crippen molar-refractivity contribution in [1.82, 2.24) is 15.0 Å². The molecule has 0 aliphatic carbocycles. The van der Waals surface area contributed by atoms with Crippen LogP contribution in [0, 0.1) is 12.8 Å². The number of piperidine rings is 1. The normalized spacial score (nSPS) is 15.2. The Morgan fingerprint density at radius 2 is 1.83 bits per heavy atom. The van der Waals surface area contributed by atoms with Gasteiger partial charge in [-0.1, -0.05) is 47.6 Å². The van der Waals surface area contributed by atoms with Gasteiger partial charge in [0.2, 0.25) is 0 Å². The van der Waals surface area contributed by atoms with Gasteiger partial charge in [-0.2, -0.15) is 4.98 Å². The van der Waals surface area contributed by atoms with Crippen LogP contribution in [-0.2, 0) is 6.54 Å². The third-order valence-corrected chi connectivity index (χ3v) is 5.58. The highest BCUT2D eigenvalue weighted by Crippen LogP contribution is 2.31. The largest absolute Gasteiger partial charge is 0.465 e. The number of likely N-dealkylation sites (tertiary alicyclic amines) is 1. The number of hydrogen-bond acceptors (Lipinski definition) is 5. The van der Waals surface area contributed by atoms with Crippen LogP contribution >= 0.6 is 0 Å². The van der Waals surface area contributed by atoms with Crippen molar-refractivity contribution in [2.75, 3.05) is 24.5 Å². The number of aromatic nitrogens is 2. The zero-order valence-corrected chi connectivity index (χ0v) is 17.1. The average Bonchev–Trinajstić information content (AvgIpc) is 3.20. The molecule has 0 atom stereocenters. The fraction of sp³-hybridized carbons (Fsp3) is 0.348. The van der Waals surface area contributed by atoms with Crippen molar-refractivity contribution < 1.29 is 14.4 Å². The lowest BCUT2D eigenvalue weighted by Crippen LogP contribution is -2.40. The van der Waals surface area contributed by atoms with Crippen LogP contribution in [0.2, 0.25) is 0 Å². The Morgan fingerprint density at radius 3 is 2.50 bits per heavy atom. The molecule has 0 radical (unpaired) electrons. The lowest BCUT2D eigenvalue weighted by Gasteiger charge is -2.34. The Balaban J connectivity index is 1.44. The average molecular weight is 406 g/mol. The van der Waals surface area contributed by atoms with E-state index < -0.39 is 6.09 Å². The molecule has 1 N–H and O–H groups in total. The van der Waals surface area contributed by atoms with Crippen LogP contribution < -0.4 is 4.90 Å². The molecule has 0 bridgehead atoms. The number of hydrogen-bond donors (Lipinski definition) is 1. The van der Waals surface area contributed by atoms with Gasteiger partial charge in [-0.25, -0.2) is 4.79 Å². The van der Waals surface area contributed by atoms with Crippen LogP contribution in [-0.4, -0.2) is 45.9 Å². The highest BCUT2D eigenvalue weighted by molar-refractivity contribution is 5.91. The van der Waals surface area contributed by atoms with Crippen molar-refractivity contribution in [1.29, 1.82) is 0 Å². The quantitative estimate of drug-likeness (QED) is 0.652. The minimum atomic E-state index is -0.967. The summed E-state index contributed by atoms with van der Waals surface area (Å²) in [5.41, 5.74) is 2.54. The van der Waals surface area contributed by atoms with Crippen LogP contribution in [0.5, 0.6) is 0 Å². The minimum Gasteiger partial charge on any atom is -0.465 e. The van der Waals surface area contributed by atoms with Gasteiger partial charge in [-0.15, -0.1) is 0 Å². The fourth-order valence-corrected chi connectivity index (χ4v) is 4.00. The summed E-state index contributed by atoms with van der Waals surface area (Å²) in [6, 6.07) is 17.8. The van der Waals surface area contributed by atoms with Crippen LogP contribution in [0.15, 0.2) is 59.1 Å². The maximum Gasteiger partial charge on any atom is 0.411 e. The third-order valence-electron chi connectivity index (χ3n) is 5.58. The number of amides is 1. The van der Waals surface area contributed by atoms with E-state index in [0.717, 1.165) is 32.5 Å². The smallest absolute Gasteiger partial charge is 0.411 e. The number of rotatable bonds is 6. The van der Waals surface area contributed by atoms with Crippen LogP contribution in [0.25, 0.3) is 11.5 Å². The second-order valence-electron chi connectivity index (χ2n) is 7.76. The maximum absolute atomic E-state index is 12.1. The molecule has 7 heteroatoms. The summed E-state index contributed by atoms with van der Waals surface area (Å²) in [6.07, 6.45) is 0.974. The number of anilines is 1. The molecule has 0 saturated carbocycles. The topological polar surface area (TPSA) is 82.7 Å². The van der Waals surface area contributed by atoms with E-state index >= 15 is 0 Å². The summed E-state index contributed by atoms with van der Waals surface area (Å²) in [4.78, 5) is 20.3. The van der Waals surface area contributed by atoms with Gasteiger partial charge in [0, 0.05) is 13.1 Å². The van der Waals surface area contributed by atoms with Gasteiger partial charge in [-0.3, -0.25) is 9.80 Å². The van der Waals surface area contributed by atoms with E-state index in [-0.39, 0.29) is 0 Å². The van der Waals surface area contributed by atoms with Crippen LogP contribution in [0.4, 0.5) is 10.5 Å². The summed E-state index contributed by atoms with van der Waals surface area (Å²) in [5.74, 6) is 1.17. The van der Waals surface area contributed by atoms with E-state index in [9.17, 15) is 9.90 Å². The predicted octanol–water partition coefficient (Wildman–Crippen LogP) is 4.44. The minimum absolute atomic E-state index is 0.311. The van der Waals surface area contributed by atoms with Gasteiger partial charge in [-0.05, 0) is 56.5 Å². The van der Waals surface area contributed by atoms with Crippen molar-refractivity contribution in [2.24, 2.45) is 5.92 Å². The van der Waals surface area contributed by atoms with E-state index in [4.69, 9.17) is 4.52 Å². The lowest BCUT2D eigenvalue weighted by molar-refractivity contribution is 0.173. The Hall–Kier alpha value is -3.19. The first-order chi connectivity index (χ1) is 14.6. The van der Waals surface area contributed by atoms with Crippen LogP contribution in [0.3, 0.4) is 0 Å².